The highest BCUT2D eigenvalue weighted by molar-refractivity contribution is 5.77. The minimum absolute atomic E-state index is 0.0248. The van der Waals surface area contributed by atoms with Crippen molar-refractivity contribution in [3.8, 4) is 34.3 Å². The van der Waals surface area contributed by atoms with E-state index in [9.17, 15) is 18.0 Å². The number of alkyl halides is 3. The van der Waals surface area contributed by atoms with Crippen LogP contribution >= 0.6 is 0 Å². The van der Waals surface area contributed by atoms with Crippen LogP contribution < -0.4 is 14.4 Å². The van der Waals surface area contributed by atoms with Gasteiger partial charge in [0.15, 0.2) is 11.6 Å². The number of hydrogen-bond acceptors (Lipinski definition) is 7. The summed E-state index contributed by atoms with van der Waals surface area (Å²) in [6.07, 6.45) is -3.60. The summed E-state index contributed by atoms with van der Waals surface area (Å²) in [6.45, 7) is 1.68. The van der Waals surface area contributed by atoms with Crippen LogP contribution in [-0.4, -0.2) is 71.0 Å². The first kappa shape index (κ1) is 27.0. The number of hydrogen-bond donors (Lipinski definition) is 0. The second-order valence-corrected chi connectivity index (χ2v) is 9.14. The maximum atomic E-state index is 13.3. The maximum absolute atomic E-state index is 13.3. The number of pyridine rings is 1. The first-order chi connectivity index (χ1) is 19.2. The molecule has 2 aromatic heterocycles. The minimum Gasteiger partial charge on any atom is -0.497 e. The minimum atomic E-state index is -4.43. The number of carbonyl (C=O) groups is 1. The van der Waals surface area contributed by atoms with E-state index in [1.165, 1.54) is 6.07 Å². The van der Waals surface area contributed by atoms with Crippen molar-refractivity contribution in [3.05, 3.63) is 72.4 Å². The van der Waals surface area contributed by atoms with Crippen molar-refractivity contribution in [3.63, 3.8) is 0 Å². The molecule has 1 aliphatic heterocycles. The summed E-state index contributed by atoms with van der Waals surface area (Å²) < 4.78 is 50.7. The van der Waals surface area contributed by atoms with E-state index in [1.807, 2.05) is 53.4 Å². The number of carbonyl (C=O) groups excluding carboxylic acids is 1. The summed E-state index contributed by atoms with van der Waals surface area (Å²) in [6, 6.07) is 17.1. The lowest BCUT2D eigenvalue weighted by Crippen LogP contribution is -2.50. The third-order valence-corrected chi connectivity index (χ3v) is 6.68. The second-order valence-electron chi connectivity index (χ2n) is 9.14. The molecule has 9 nitrogen and oxygen atoms in total. The van der Waals surface area contributed by atoms with Crippen molar-refractivity contribution in [2.75, 3.05) is 45.3 Å². The smallest absolute Gasteiger partial charge is 0.417 e. The molecule has 0 spiro atoms. The fourth-order valence-electron chi connectivity index (χ4n) is 4.42. The van der Waals surface area contributed by atoms with Gasteiger partial charge in [-0.05, 0) is 60.7 Å². The fraction of sp³-hybridized carbons (Fsp3) is 0.286. The van der Waals surface area contributed by atoms with Gasteiger partial charge in [-0.15, -0.1) is 5.10 Å². The molecule has 5 rings (SSSR count). The number of piperazine rings is 1. The molecule has 0 saturated carbocycles. The van der Waals surface area contributed by atoms with E-state index < -0.39 is 11.7 Å². The van der Waals surface area contributed by atoms with Gasteiger partial charge in [0, 0.05) is 43.5 Å². The zero-order valence-corrected chi connectivity index (χ0v) is 21.9. The Labute approximate surface area is 228 Å². The molecule has 1 fully saturated rings. The van der Waals surface area contributed by atoms with Crippen LogP contribution in [0.25, 0.3) is 22.8 Å². The Morgan fingerprint density at radius 3 is 1.98 bits per heavy atom. The number of anilines is 1. The highest BCUT2D eigenvalue weighted by Crippen LogP contribution is 2.30. The van der Waals surface area contributed by atoms with Crippen LogP contribution in [0.5, 0.6) is 11.5 Å². The van der Waals surface area contributed by atoms with Crippen LogP contribution in [0.4, 0.5) is 19.0 Å². The number of halogens is 3. The Balaban J connectivity index is 1.31. The highest BCUT2D eigenvalue weighted by atomic mass is 19.4. The van der Waals surface area contributed by atoms with Crippen LogP contribution in [0.3, 0.4) is 0 Å². The van der Waals surface area contributed by atoms with Crippen LogP contribution in [0, 0.1) is 0 Å². The van der Waals surface area contributed by atoms with Gasteiger partial charge in [0.25, 0.3) is 0 Å². The number of amides is 1. The molecule has 3 heterocycles. The Hall–Kier alpha value is -4.61. The van der Waals surface area contributed by atoms with Gasteiger partial charge in [-0.2, -0.15) is 13.2 Å². The van der Waals surface area contributed by atoms with Gasteiger partial charge >= 0.3 is 6.18 Å². The average molecular weight is 553 g/mol. The summed E-state index contributed by atoms with van der Waals surface area (Å²) in [5.74, 6) is 2.72. The van der Waals surface area contributed by atoms with Crippen molar-refractivity contribution in [1.82, 2.24) is 24.6 Å². The molecule has 0 N–H and O–H groups in total. The number of ether oxygens (including phenoxy) is 2. The van der Waals surface area contributed by atoms with Gasteiger partial charge in [0.1, 0.15) is 23.9 Å². The standard InChI is InChI=1S/C28H27F3N6O3/c1-39-22-8-3-19(4-9-22)26-33-27(20-5-10-23(40-2)11-6-20)37(34-26)18-25(38)36-15-13-35(14-16-36)24-12-7-21(17-32-24)28(29,30)31/h3-12,17H,13-16,18H2,1-2H3. The molecule has 1 saturated heterocycles. The molecule has 40 heavy (non-hydrogen) atoms. The van der Waals surface area contributed by atoms with Gasteiger partial charge in [0.2, 0.25) is 5.91 Å². The molecule has 0 aliphatic carbocycles. The van der Waals surface area contributed by atoms with Crippen molar-refractivity contribution < 1.29 is 27.4 Å². The summed E-state index contributed by atoms with van der Waals surface area (Å²) >= 11 is 0. The van der Waals surface area contributed by atoms with E-state index in [-0.39, 0.29) is 12.5 Å². The molecular weight excluding hydrogens is 525 g/mol. The van der Waals surface area contributed by atoms with Gasteiger partial charge in [-0.1, -0.05) is 0 Å². The summed E-state index contributed by atoms with van der Waals surface area (Å²) in [5.41, 5.74) is 0.762. The van der Waals surface area contributed by atoms with Crippen molar-refractivity contribution in [2.45, 2.75) is 12.7 Å². The average Bonchev–Trinajstić information content (AvgIpc) is 3.40. The van der Waals surface area contributed by atoms with E-state index in [0.29, 0.717) is 55.1 Å². The molecule has 4 aromatic rings. The molecular formula is C28H27F3N6O3. The summed E-state index contributed by atoms with van der Waals surface area (Å²) in [7, 11) is 3.18. The third kappa shape index (κ3) is 5.85. The SMILES string of the molecule is COc1ccc(-c2nc(-c3ccc(OC)cc3)n(CC(=O)N3CCN(c4ccc(C(F)(F)F)cn4)CC3)n2)cc1. The maximum Gasteiger partial charge on any atom is 0.417 e. The fourth-order valence-corrected chi connectivity index (χ4v) is 4.42. The first-order valence-electron chi connectivity index (χ1n) is 12.5. The predicted molar refractivity (Wildman–Crippen MR) is 142 cm³/mol. The zero-order valence-electron chi connectivity index (χ0n) is 21.9. The summed E-state index contributed by atoms with van der Waals surface area (Å²) in [5, 5.41) is 4.65. The molecule has 0 atom stereocenters. The lowest BCUT2D eigenvalue weighted by atomic mass is 10.2. The first-order valence-corrected chi connectivity index (χ1v) is 12.5. The lowest BCUT2D eigenvalue weighted by Gasteiger charge is -2.35. The van der Waals surface area contributed by atoms with Crippen molar-refractivity contribution in [1.29, 1.82) is 0 Å². The molecule has 12 heteroatoms. The van der Waals surface area contributed by atoms with Crippen molar-refractivity contribution in [2.24, 2.45) is 0 Å². The van der Waals surface area contributed by atoms with Gasteiger partial charge in [0.05, 0.1) is 19.8 Å². The molecule has 0 unspecified atom stereocenters. The number of aromatic nitrogens is 4. The van der Waals surface area contributed by atoms with Gasteiger partial charge in [-0.3, -0.25) is 4.79 Å². The molecule has 0 radical (unpaired) electrons. The van der Waals surface area contributed by atoms with E-state index in [0.717, 1.165) is 23.4 Å². The normalized spacial score (nSPS) is 13.8. The van der Waals surface area contributed by atoms with Gasteiger partial charge in [-0.25, -0.2) is 14.6 Å². The zero-order chi connectivity index (χ0) is 28.3. The number of rotatable bonds is 7. The Morgan fingerprint density at radius 2 is 1.45 bits per heavy atom. The van der Waals surface area contributed by atoms with E-state index in [2.05, 4.69) is 10.1 Å². The van der Waals surface area contributed by atoms with Crippen LogP contribution in [0.2, 0.25) is 0 Å². The second kappa shape index (κ2) is 11.2. The van der Waals surface area contributed by atoms with Crippen molar-refractivity contribution >= 4 is 11.7 Å². The molecule has 2 aromatic carbocycles. The molecule has 1 amide bonds. The van der Waals surface area contributed by atoms with E-state index >= 15 is 0 Å². The predicted octanol–water partition coefficient (Wildman–Crippen LogP) is 4.39. The molecule has 1 aliphatic rings. The topological polar surface area (TPSA) is 85.6 Å². The van der Waals surface area contributed by atoms with Crippen LogP contribution in [-0.2, 0) is 17.5 Å². The Bertz CT molecular complexity index is 1450. The summed E-state index contributed by atoms with van der Waals surface area (Å²) in [4.78, 5) is 25.6. The Kier molecular flexibility index (Phi) is 7.58. The Morgan fingerprint density at radius 1 is 0.850 bits per heavy atom. The molecule has 208 valence electrons. The third-order valence-electron chi connectivity index (χ3n) is 6.68. The van der Waals surface area contributed by atoms with Crippen LogP contribution in [0.1, 0.15) is 5.56 Å². The monoisotopic (exact) mass is 552 g/mol. The highest BCUT2D eigenvalue weighted by Gasteiger charge is 2.31. The van der Waals surface area contributed by atoms with E-state index in [1.54, 1.807) is 23.8 Å². The number of nitrogens with zero attached hydrogens (tertiary/aromatic N) is 6. The quantitative estimate of drug-likeness (QED) is 0.336. The largest absolute Gasteiger partial charge is 0.497 e. The number of methoxy groups -OCH3 is 2. The van der Waals surface area contributed by atoms with Crippen LogP contribution in [0.15, 0.2) is 66.9 Å². The molecule has 0 bridgehead atoms. The van der Waals surface area contributed by atoms with Gasteiger partial charge < -0.3 is 19.3 Å². The number of benzene rings is 2. The van der Waals surface area contributed by atoms with E-state index in [4.69, 9.17) is 14.5 Å². The lowest BCUT2D eigenvalue weighted by molar-refractivity contribution is -0.138.